The third-order valence-electron chi connectivity index (χ3n) is 1.86. The van der Waals surface area contributed by atoms with Gasteiger partial charge >= 0.3 is 0 Å². The lowest BCUT2D eigenvalue weighted by atomic mass is 9.97. The van der Waals surface area contributed by atoms with Gasteiger partial charge in [0.25, 0.3) is 0 Å². The van der Waals surface area contributed by atoms with E-state index in [4.69, 9.17) is 10.00 Å². The molecule has 2 heteroatoms. The minimum absolute atomic E-state index is 0.213. The van der Waals surface area contributed by atoms with Crippen LogP contribution >= 0.6 is 0 Å². The summed E-state index contributed by atoms with van der Waals surface area (Å²) in [5, 5.41) is 8.58. The van der Waals surface area contributed by atoms with Crippen molar-refractivity contribution in [3.05, 3.63) is 0 Å². The van der Waals surface area contributed by atoms with E-state index in [1.807, 2.05) is 0 Å². The predicted octanol–water partition coefficient (Wildman–Crippen LogP) is 1.96. The third-order valence-corrected chi connectivity index (χ3v) is 1.86. The zero-order valence-corrected chi connectivity index (χ0v) is 6.92. The molecule has 0 saturated heterocycles. The van der Waals surface area contributed by atoms with Gasteiger partial charge in [0.05, 0.1) is 6.07 Å². The number of rotatable bonds is 4. The average Bonchev–Trinajstić information content (AvgIpc) is 2.00. The molecule has 0 N–H and O–H groups in total. The average molecular weight is 141 g/mol. The van der Waals surface area contributed by atoms with Crippen LogP contribution in [-0.4, -0.2) is 13.2 Å². The molecule has 0 heterocycles. The standard InChI is InChI=1S/C8H15NO/c1-4-7(5-2)8(6-9)10-3/h7-8H,4-5H2,1-3H3. The van der Waals surface area contributed by atoms with Gasteiger partial charge < -0.3 is 4.74 Å². The summed E-state index contributed by atoms with van der Waals surface area (Å²) >= 11 is 0. The second-order valence-corrected chi connectivity index (χ2v) is 2.36. The fourth-order valence-electron chi connectivity index (χ4n) is 1.07. The van der Waals surface area contributed by atoms with E-state index < -0.39 is 0 Å². The van der Waals surface area contributed by atoms with E-state index in [0.29, 0.717) is 5.92 Å². The third kappa shape index (κ3) is 2.36. The van der Waals surface area contributed by atoms with Gasteiger partial charge in [-0.3, -0.25) is 0 Å². The van der Waals surface area contributed by atoms with Crippen LogP contribution in [0.4, 0.5) is 0 Å². The Morgan fingerprint density at radius 1 is 1.40 bits per heavy atom. The van der Waals surface area contributed by atoms with E-state index in [1.54, 1.807) is 7.11 Å². The van der Waals surface area contributed by atoms with Crippen molar-refractivity contribution in [2.24, 2.45) is 5.92 Å². The molecule has 0 aromatic rings. The van der Waals surface area contributed by atoms with Crippen LogP contribution in [0.15, 0.2) is 0 Å². The maximum absolute atomic E-state index is 8.58. The first-order valence-electron chi connectivity index (χ1n) is 3.72. The minimum atomic E-state index is -0.213. The molecule has 0 aromatic carbocycles. The van der Waals surface area contributed by atoms with E-state index in [0.717, 1.165) is 12.8 Å². The van der Waals surface area contributed by atoms with Gasteiger partial charge in [-0.1, -0.05) is 13.8 Å². The summed E-state index contributed by atoms with van der Waals surface area (Å²) in [7, 11) is 1.59. The summed E-state index contributed by atoms with van der Waals surface area (Å²) in [4.78, 5) is 0. The zero-order valence-electron chi connectivity index (χ0n) is 6.92. The molecule has 0 spiro atoms. The number of ether oxygens (including phenoxy) is 1. The van der Waals surface area contributed by atoms with Crippen molar-refractivity contribution in [2.75, 3.05) is 7.11 Å². The molecule has 0 aromatic heterocycles. The van der Waals surface area contributed by atoms with Crippen molar-refractivity contribution in [3.63, 3.8) is 0 Å². The van der Waals surface area contributed by atoms with Crippen LogP contribution in [0.3, 0.4) is 0 Å². The fraction of sp³-hybridized carbons (Fsp3) is 0.875. The van der Waals surface area contributed by atoms with Crippen molar-refractivity contribution in [3.8, 4) is 6.07 Å². The molecule has 0 aliphatic heterocycles. The van der Waals surface area contributed by atoms with Crippen molar-refractivity contribution in [1.29, 1.82) is 5.26 Å². The van der Waals surface area contributed by atoms with Gasteiger partial charge in [0.2, 0.25) is 0 Å². The fourth-order valence-corrected chi connectivity index (χ4v) is 1.07. The van der Waals surface area contributed by atoms with E-state index >= 15 is 0 Å². The first-order valence-corrected chi connectivity index (χ1v) is 3.72. The van der Waals surface area contributed by atoms with Crippen LogP contribution in [0, 0.1) is 17.2 Å². The van der Waals surface area contributed by atoms with Gasteiger partial charge in [0, 0.05) is 7.11 Å². The monoisotopic (exact) mass is 141 g/mol. The smallest absolute Gasteiger partial charge is 0.146 e. The molecule has 58 valence electrons. The largest absolute Gasteiger partial charge is 0.366 e. The molecule has 10 heavy (non-hydrogen) atoms. The predicted molar refractivity (Wildman–Crippen MR) is 40.5 cm³/mol. The highest BCUT2D eigenvalue weighted by Gasteiger charge is 2.15. The summed E-state index contributed by atoms with van der Waals surface area (Å²) < 4.78 is 4.98. The molecular formula is C8H15NO. The Bertz CT molecular complexity index is 113. The minimum Gasteiger partial charge on any atom is -0.366 e. The topological polar surface area (TPSA) is 33.0 Å². The van der Waals surface area contributed by atoms with Crippen molar-refractivity contribution >= 4 is 0 Å². The van der Waals surface area contributed by atoms with E-state index in [2.05, 4.69) is 19.9 Å². The number of hydrogen-bond donors (Lipinski definition) is 0. The Morgan fingerprint density at radius 3 is 2.00 bits per heavy atom. The van der Waals surface area contributed by atoms with Gasteiger partial charge in [-0.15, -0.1) is 0 Å². The molecule has 0 bridgehead atoms. The molecule has 1 atom stereocenters. The molecular weight excluding hydrogens is 126 g/mol. The van der Waals surface area contributed by atoms with Gasteiger partial charge in [-0.05, 0) is 18.8 Å². The lowest BCUT2D eigenvalue weighted by Crippen LogP contribution is -2.19. The molecule has 0 amide bonds. The first-order chi connectivity index (χ1) is 4.79. The Hall–Kier alpha value is -0.550. The maximum Gasteiger partial charge on any atom is 0.146 e. The highest BCUT2D eigenvalue weighted by Crippen LogP contribution is 2.14. The van der Waals surface area contributed by atoms with E-state index in [1.165, 1.54) is 0 Å². The molecule has 0 saturated carbocycles. The Morgan fingerprint density at radius 2 is 1.90 bits per heavy atom. The Balaban J connectivity index is 3.85. The molecule has 0 fully saturated rings. The zero-order chi connectivity index (χ0) is 7.98. The molecule has 0 radical (unpaired) electrons. The summed E-state index contributed by atoms with van der Waals surface area (Å²) in [6.07, 6.45) is 1.82. The SMILES string of the molecule is CCC(CC)C(C#N)OC. The summed E-state index contributed by atoms with van der Waals surface area (Å²) in [5.41, 5.74) is 0. The number of nitriles is 1. The Kier molecular flexibility index (Phi) is 4.96. The number of hydrogen-bond acceptors (Lipinski definition) is 2. The first kappa shape index (κ1) is 9.45. The lowest BCUT2D eigenvalue weighted by molar-refractivity contribution is 0.0915. The van der Waals surface area contributed by atoms with Crippen LogP contribution in [0.1, 0.15) is 26.7 Å². The van der Waals surface area contributed by atoms with Crippen molar-refractivity contribution < 1.29 is 4.74 Å². The highest BCUT2D eigenvalue weighted by atomic mass is 16.5. The summed E-state index contributed by atoms with van der Waals surface area (Å²) in [6, 6.07) is 2.13. The molecule has 0 aliphatic carbocycles. The normalized spacial score (nSPS) is 13.1. The Labute approximate surface area is 62.8 Å². The number of nitrogens with zero attached hydrogens (tertiary/aromatic N) is 1. The summed E-state index contributed by atoms with van der Waals surface area (Å²) in [6.45, 7) is 4.16. The van der Waals surface area contributed by atoms with Crippen LogP contribution < -0.4 is 0 Å². The van der Waals surface area contributed by atoms with Gasteiger partial charge in [-0.2, -0.15) is 5.26 Å². The molecule has 0 aliphatic rings. The van der Waals surface area contributed by atoms with Crippen LogP contribution in [0.2, 0.25) is 0 Å². The lowest BCUT2D eigenvalue weighted by Gasteiger charge is -2.16. The second kappa shape index (κ2) is 5.25. The van der Waals surface area contributed by atoms with E-state index in [-0.39, 0.29) is 6.10 Å². The van der Waals surface area contributed by atoms with Gasteiger partial charge in [0.1, 0.15) is 6.10 Å². The van der Waals surface area contributed by atoms with Crippen molar-refractivity contribution in [1.82, 2.24) is 0 Å². The molecule has 2 nitrogen and oxygen atoms in total. The van der Waals surface area contributed by atoms with E-state index in [9.17, 15) is 0 Å². The van der Waals surface area contributed by atoms with Crippen LogP contribution in [0.25, 0.3) is 0 Å². The summed E-state index contributed by atoms with van der Waals surface area (Å²) in [5.74, 6) is 0.398. The van der Waals surface area contributed by atoms with Gasteiger partial charge in [0.15, 0.2) is 0 Å². The number of methoxy groups -OCH3 is 1. The molecule has 0 rings (SSSR count). The van der Waals surface area contributed by atoms with Crippen LogP contribution in [-0.2, 0) is 4.74 Å². The highest BCUT2D eigenvalue weighted by molar-refractivity contribution is 4.88. The van der Waals surface area contributed by atoms with Gasteiger partial charge in [-0.25, -0.2) is 0 Å². The van der Waals surface area contributed by atoms with Crippen molar-refractivity contribution in [2.45, 2.75) is 32.8 Å². The maximum atomic E-state index is 8.58. The van der Waals surface area contributed by atoms with Crippen LogP contribution in [0.5, 0.6) is 0 Å². The molecule has 1 unspecified atom stereocenters. The quantitative estimate of drug-likeness (QED) is 0.599. The second-order valence-electron chi connectivity index (χ2n) is 2.36.